The van der Waals surface area contributed by atoms with Crippen LogP contribution in [0.4, 0.5) is 0 Å². The van der Waals surface area contributed by atoms with Crippen molar-refractivity contribution in [2.24, 2.45) is 0 Å². The molecule has 27 heavy (non-hydrogen) atoms. The van der Waals surface area contributed by atoms with Crippen LogP contribution in [0.3, 0.4) is 0 Å². The monoisotopic (exact) mass is 388 g/mol. The van der Waals surface area contributed by atoms with Gasteiger partial charge in [-0.05, 0) is 43.5 Å². The number of ether oxygens (including phenoxy) is 3. The molecule has 1 heterocycles. The van der Waals surface area contributed by atoms with Crippen molar-refractivity contribution in [1.82, 2.24) is 5.32 Å². The number of nitrogens with one attached hydrogen (secondary N) is 1. The lowest BCUT2D eigenvalue weighted by Crippen LogP contribution is -2.32. The highest BCUT2D eigenvalue weighted by molar-refractivity contribution is 6.32. The van der Waals surface area contributed by atoms with Gasteiger partial charge in [-0.25, -0.2) is 0 Å². The van der Waals surface area contributed by atoms with Gasteiger partial charge in [0.1, 0.15) is 18.2 Å². The van der Waals surface area contributed by atoms with Gasteiger partial charge in [0.05, 0.1) is 17.7 Å². The Labute approximate surface area is 164 Å². The molecule has 1 amide bonds. The maximum Gasteiger partial charge on any atom is 0.262 e. The highest BCUT2D eigenvalue weighted by Gasteiger charge is 2.18. The predicted molar refractivity (Wildman–Crippen MR) is 103 cm³/mol. The molecule has 0 saturated carbocycles. The molecule has 2 rings (SSSR count). The Bertz CT molecular complexity index is 786. The third-order valence-electron chi connectivity index (χ3n) is 3.82. The topological polar surface area (TPSA) is 80.6 Å². The van der Waals surface area contributed by atoms with Gasteiger partial charge in [-0.15, -0.1) is 6.42 Å². The molecule has 1 N–H and O–H groups in total. The van der Waals surface area contributed by atoms with E-state index in [0.29, 0.717) is 36.8 Å². The van der Waals surface area contributed by atoms with Gasteiger partial charge in [-0.3, -0.25) is 4.79 Å². The van der Waals surface area contributed by atoms with Crippen molar-refractivity contribution in [2.75, 3.05) is 26.4 Å². The molecule has 7 heteroatoms. The van der Waals surface area contributed by atoms with E-state index in [1.54, 1.807) is 12.1 Å². The molecule has 0 spiro atoms. The number of rotatable bonds is 8. The molecule has 6 nitrogen and oxygen atoms in total. The summed E-state index contributed by atoms with van der Waals surface area (Å²) >= 11 is 6.26. The SMILES string of the molecule is C#CCOc1c(Cl)cc(/C=C(\C#N)C(=O)NC[C@H]2CCCO2)cc1OCC. The fourth-order valence-corrected chi connectivity index (χ4v) is 2.88. The van der Waals surface area contributed by atoms with Crippen LogP contribution in [0.1, 0.15) is 25.3 Å². The summed E-state index contributed by atoms with van der Waals surface area (Å²) in [5.74, 6) is 2.62. The van der Waals surface area contributed by atoms with Crippen molar-refractivity contribution < 1.29 is 19.0 Å². The number of amides is 1. The average molecular weight is 389 g/mol. The van der Waals surface area contributed by atoms with Crippen molar-refractivity contribution in [2.45, 2.75) is 25.9 Å². The normalized spacial score (nSPS) is 16.3. The highest BCUT2D eigenvalue weighted by Crippen LogP contribution is 2.37. The Kier molecular flexibility index (Phi) is 8.00. The number of carbonyl (C=O) groups is 1. The molecule has 0 unspecified atom stereocenters. The standard InChI is InChI=1S/C20H21ClN2O4/c1-3-7-27-19-17(21)10-14(11-18(19)25-4-2)9-15(12-22)20(24)23-13-16-6-5-8-26-16/h1,9-11,16H,4-8,13H2,2H3,(H,23,24)/b15-9+/t16-/m1/s1. The molecule has 0 aromatic heterocycles. The zero-order valence-corrected chi connectivity index (χ0v) is 15.8. The summed E-state index contributed by atoms with van der Waals surface area (Å²) < 4.78 is 16.4. The fourth-order valence-electron chi connectivity index (χ4n) is 2.61. The van der Waals surface area contributed by atoms with E-state index in [9.17, 15) is 10.1 Å². The first-order valence-corrected chi connectivity index (χ1v) is 9.01. The smallest absolute Gasteiger partial charge is 0.262 e. The van der Waals surface area contributed by atoms with Crippen molar-refractivity contribution in [3.05, 3.63) is 28.3 Å². The minimum Gasteiger partial charge on any atom is -0.490 e. The molecule has 0 aliphatic carbocycles. The molecule has 1 atom stereocenters. The summed E-state index contributed by atoms with van der Waals surface area (Å²) in [5.41, 5.74) is 0.504. The van der Waals surface area contributed by atoms with Crippen molar-refractivity contribution in [3.63, 3.8) is 0 Å². The summed E-state index contributed by atoms with van der Waals surface area (Å²) in [7, 11) is 0. The van der Waals surface area contributed by atoms with Crippen LogP contribution in [0.25, 0.3) is 6.08 Å². The van der Waals surface area contributed by atoms with Gasteiger partial charge >= 0.3 is 0 Å². The molecular weight excluding hydrogens is 368 g/mol. The number of carbonyl (C=O) groups excluding carboxylic acids is 1. The van der Waals surface area contributed by atoms with E-state index >= 15 is 0 Å². The maximum atomic E-state index is 12.3. The van der Waals surface area contributed by atoms with Crippen LogP contribution in [0.5, 0.6) is 11.5 Å². The van der Waals surface area contributed by atoms with Crippen molar-refractivity contribution >= 4 is 23.6 Å². The Balaban J connectivity index is 2.19. The molecule has 1 saturated heterocycles. The first-order valence-electron chi connectivity index (χ1n) is 8.63. The molecule has 1 fully saturated rings. The third kappa shape index (κ3) is 5.92. The maximum absolute atomic E-state index is 12.3. The molecule has 1 aromatic rings. The Morgan fingerprint density at radius 3 is 2.96 bits per heavy atom. The van der Waals surface area contributed by atoms with Crippen molar-refractivity contribution in [1.29, 1.82) is 5.26 Å². The Morgan fingerprint density at radius 2 is 2.33 bits per heavy atom. The van der Waals surface area contributed by atoms with Crippen LogP contribution in [0.15, 0.2) is 17.7 Å². The molecule has 1 aliphatic rings. The van der Waals surface area contributed by atoms with Gasteiger partial charge < -0.3 is 19.5 Å². The number of hydrogen-bond donors (Lipinski definition) is 1. The number of terminal acetylenes is 1. The van der Waals surface area contributed by atoms with Gasteiger partial charge in [-0.1, -0.05) is 17.5 Å². The molecule has 0 radical (unpaired) electrons. The molecule has 0 bridgehead atoms. The zero-order valence-electron chi connectivity index (χ0n) is 15.1. The minimum atomic E-state index is -0.463. The number of nitrogens with zero attached hydrogens (tertiary/aromatic N) is 1. The van der Waals surface area contributed by atoms with E-state index in [1.807, 2.05) is 13.0 Å². The lowest BCUT2D eigenvalue weighted by molar-refractivity contribution is -0.117. The lowest BCUT2D eigenvalue weighted by atomic mass is 10.1. The van der Waals surface area contributed by atoms with E-state index in [4.69, 9.17) is 32.2 Å². The van der Waals surface area contributed by atoms with Gasteiger partial charge in [0.2, 0.25) is 0 Å². The van der Waals surface area contributed by atoms with Crippen LogP contribution in [0, 0.1) is 23.7 Å². The van der Waals surface area contributed by atoms with Crippen molar-refractivity contribution in [3.8, 4) is 29.9 Å². The minimum absolute atomic E-state index is 0.000445. The first-order chi connectivity index (χ1) is 13.1. The van der Waals surface area contributed by atoms with Gasteiger partial charge in [0.25, 0.3) is 5.91 Å². The number of hydrogen-bond acceptors (Lipinski definition) is 5. The summed E-state index contributed by atoms with van der Waals surface area (Å²) in [6.45, 7) is 3.34. The van der Waals surface area contributed by atoms with Gasteiger partial charge in [0, 0.05) is 13.2 Å². The Hall–Kier alpha value is -2.67. The highest BCUT2D eigenvalue weighted by atomic mass is 35.5. The molecule has 142 valence electrons. The number of nitriles is 1. The largest absolute Gasteiger partial charge is 0.490 e. The summed E-state index contributed by atoms with van der Waals surface area (Å²) in [6, 6.07) is 5.14. The summed E-state index contributed by atoms with van der Waals surface area (Å²) in [4.78, 5) is 12.3. The third-order valence-corrected chi connectivity index (χ3v) is 4.10. The average Bonchev–Trinajstić information content (AvgIpc) is 3.17. The second kappa shape index (κ2) is 10.5. The van der Waals surface area contributed by atoms with E-state index < -0.39 is 5.91 Å². The summed E-state index contributed by atoms with van der Waals surface area (Å²) in [6.07, 6.45) is 8.54. The van der Waals surface area contributed by atoms with E-state index in [2.05, 4.69) is 11.2 Å². The Morgan fingerprint density at radius 1 is 1.52 bits per heavy atom. The second-order valence-electron chi connectivity index (χ2n) is 5.77. The molecular formula is C20H21ClN2O4. The van der Waals surface area contributed by atoms with E-state index in [1.165, 1.54) is 6.08 Å². The zero-order chi connectivity index (χ0) is 19.6. The molecule has 1 aliphatic heterocycles. The first kappa shape index (κ1) is 20.6. The van der Waals surface area contributed by atoms with Gasteiger partial charge in [0.15, 0.2) is 11.5 Å². The van der Waals surface area contributed by atoms with Crippen LogP contribution >= 0.6 is 11.6 Å². The number of halogens is 1. The van der Waals surface area contributed by atoms with Crippen LogP contribution in [-0.2, 0) is 9.53 Å². The van der Waals surface area contributed by atoms with Gasteiger partial charge in [-0.2, -0.15) is 5.26 Å². The molecule has 1 aromatic carbocycles. The summed E-state index contributed by atoms with van der Waals surface area (Å²) in [5, 5.41) is 12.3. The van der Waals surface area contributed by atoms with Crippen LogP contribution < -0.4 is 14.8 Å². The van der Waals surface area contributed by atoms with E-state index in [-0.39, 0.29) is 23.3 Å². The van der Waals surface area contributed by atoms with E-state index in [0.717, 1.165) is 12.8 Å². The lowest BCUT2D eigenvalue weighted by Gasteiger charge is -2.13. The predicted octanol–water partition coefficient (Wildman–Crippen LogP) is 2.95. The van der Waals surface area contributed by atoms with Crippen LogP contribution in [0.2, 0.25) is 5.02 Å². The van der Waals surface area contributed by atoms with Crippen LogP contribution in [-0.4, -0.2) is 38.4 Å². The fraction of sp³-hybridized carbons (Fsp3) is 0.400. The quantitative estimate of drug-likeness (QED) is 0.420. The second-order valence-corrected chi connectivity index (χ2v) is 6.18. The number of benzene rings is 1.